The molecule has 0 atom stereocenters. The molecule has 39 heavy (non-hydrogen) atoms. The van der Waals surface area contributed by atoms with Crippen LogP contribution < -0.4 is 21.1 Å². The summed E-state index contributed by atoms with van der Waals surface area (Å²) < 4.78 is 47.2. The number of nitrogens with two attached hydrogens (primary N) is 1. The van der Waals surface area contributed by atoms with Crippen LogP contribution in [0.25, 0.3) is 10.9 Å². The Morgan fingerprint density at radius 1 is 1.18 bits per heavy atom. The first-order chi connectivity index (χ1) is 18.7. The summed E-state index contributed by atoms with van der Waals surface area (Å²) in [6, 6.07) is 12.9. The molecule has 1 amide bonds. The molecule has 1 saturated heterocycles. The number of benzene rings is 2. The minimum absolute atomic E-state index is 0.136. The maximum absolute atomic E-state index is 13.5. The number of methoxy groups -OCH3 is 1. The lowest BCUT2D eigenvalue weighted by molar-refractivity contribution is -0.140. The second kappa shape index (κ2) is 12.6. The Balaban J connectivity index is 1.54. The van der Waals surface area contributed by atoms with Gasteiger partial charge in [0.25, 0.3) is 0 Å². The van der Waals surface area contributed by atoms with Gasteiger partial charge < -0.3 is 25.7 Å². The number of nitrogens with one attached hydrogen (secondary N) is 2. The third kappa shape index (κ3) is 7.55. The fraction of sp³-hybridized carbons (Fsp3) is 0.393. The highest BCUT2D eigenvalue weighted by Crippen LogP contribution is 2.32. The van der Waals surface area contributed by atoms with Crippen LogP contribution in [0.4, 0.5) is 24.5 Å². The Labute approximate surface area is 230 Å². The number of ether oxygens (including phenoxy) is 1. The van der Waals surface area contributed by atoms with Crippen molar-refractivity contribution in [2.75, 3.05) is 50.2 Å². The predicted molar refractivity (Wildman–Crippen MR) is 150 cm³/mol. The number of alkyl halides is 3. The Bertz CT molecular complexity index is 1370. The fourth-order valence-electron chi connectivity index (χ4n) is 4.76. The van der Waals surface area contributed by atoms with E-state index < -0.39 is 12.7 Å². The normalized spacial score (nSPS) is 14.6. The van der Waals surface area contributed by atoms with Crippen LogP contribution in [0.3, 0.4) is 0 Å². The van der Waals surface area contributed by atoms with E-state index >= 15 is 0 Å². The number of nitrogens with zero attached hydrogens (tertiary/aromatic N) is 2. The van der Waals surface area contributed by atoms with Gasteiger partial charge in [-0.2, -0.15) is 13.2 Å². The first kappa shape index (κ1) is 28.5. The van der Waals surface area contributed by atoms with Crippen molar-refractivity contribution in [3.05, 3.63) is 48.2 Å². The highest BCUT2D eigenvalue weighted by atomic mass is 32.2. The van der Waals surface area contributed by atoms with Crippen LogP contribution in [0.2, 0.25) is 0 Å². The molecule has 1 aliphatic heterocycles. The number of halogens is 3. The summed E-state index contributed by atoms with van der Waals surface area (Å²) in [5.41, 5.74) is 7.58. The van der Waals surface area contributed by atoms with E-state index in [-0.39, 0.29) is 25.0 Å². The third-order valence-corrected chi connectivity index (χ3v) is 7.33. The van der Waals surface area contributed by atoms with Crippen LogP contribution in [0.1, 0.15) is 18.5 Å². The van der Waals surface area contributed by atoms with Gasteiger partial charge >= 0.3 is 6.18 Å². The number of rotatable bonds is 9. The summed E-state index contributed by atoms with van der Waals surface area (Å²) in [6.45, 7) is 0.778. The lowest BCUT2D eigenvalue weighted by Crippen LogP contribution is -2.42. The average Bonchev–Trinajstić information content (AvgIpc) is 3.24. The monoisotopic (exact) mass is 559 g/mol. The number of thioether (sulfide) groups is 1. The molecule has 7 nitrogen and oxygen atoms in total. The molecule has 1 aliphatic rings. The predicted octanol–water partition coefficient (Wildman–Crippen LogP) is 4.76. The van der Waals surface area contributed by atoms with Crippen molar-refractivity contribution < 1.29 is 22.7 Å². The molecule has 0 spiro atoms. The zero-order chi connectivity index (χ0) is 28.0. The number of fused-ring (bicyclic) bond motifs is 1. The standard InChI is InChI=1S/C28H32F3N5O2S/c1-38-26-16-21(39-2)8-9-24(26)33-12-4-5-20-15-22-23(6-3-7-25(22)36(20)18-28(29,30)31)34-19-10-13-35(14-11-19)17-27(32)37/h3,6-9,15-16,19,33-34H,10-14,17-18H2,1-2H3,(H2,32,37). The summed E-state index contributed by atoms with van der Waals surface area (Å²) >= 11 is 1.60. The average molecular weight is 560 g/mol. The van der Waals surface area contributed by atoms with Gasteiger partial charge in [0.2, 0.25) is 5.91 Å². The molecule has 0 unspecified atom stereocenters. The van der Waals surface area contributed by atoms with E-state index in [0.29, 0.717) is 22.3 Å². The van der Waals surface area contributed by atoms with E-state index in [4.69, 9.17) is 10.5 Å². The van der Waals surface area contributed by atoms with Crippen LogP contribution in [0.5, 0.6) is 5.75 Å². The first-order valence-electron chi connectivity index (χ1n) is 12.6. The Kier molecular flexibility index (Phi) is 9.20. The number of piperidine rings is 1. The maximum Gasteiger partial charge on any atom is 0.406 e. The van der Waals surface area contributed by atoms with Crippen LogP contribution >= 0.6 is 11.8 Å². The molecule has 0 radical (unpaired) electrons. The number of carbonyl (C=O) groups is 1. The maximum atomic E-state index is 13.5. The molecule has 4 rings (SSSR count). The van der Waals surface area contributed by atoms with Crippen LogP contribution in [0, 0.1) is 11.8 Å². The van der Waals surface area contributed by atoms with E-state index in [1.165, 1.54) is 4.57 Å². The number of aromatic nitrogens is 1. The lowest BCUT2D eigenvalue weighted by Gasteiger charge is -2.32. The number of amides is 1. The molecular weight excluding hydrogens is 527 g/mol. The fourth-order valence-corrected chi connectivity index (χ4v) is 5.19. The summed E-state index contributed by atoms with van der Waals surface area (Å²) in [5, 5.41) is 7.37. The van der Waals surface area contributed by atoms with Gasteiger partial charge in [0.15, 0.2) is 0 Å². The van der Waals surface area contributed by atoms with Crippen molar-refractivity contribution in [2.24, 2.45) is 5.73 Å². The second-order valence-corrected chi connectivity index (χ2v) is 10.2. The van der Waals surface area contributed by atoms with Gasteiger partial charge in [-0.05, 0) is 61.4 Å². The quantitative estimate of drug-likeness (QED) is 0.259. The molecule has 0 bridgehead atoms. The molecular formula is C28H32F3N5O2S. The van der Waals surface area contributed by atoms with Gasteiger partial charge in [-0.15, -0.1) is 11.8 Å². The Hall–Kier alpha value is -3.49. The zero-order valence-electron chi connectivity index (χ0n) is 21.9. The van der Waals surface area contributed by atoms with Crippen molar-refractivity contribution in [3.63, 3.8) is 0 Å². The Morgan fingerprint density at radius 3 is 2.62 bits per heavy atom. The number of carbonyl (C=O) groups excluding carboxylic acids is 1. The van der Waals surface area contributed by atoms with E-state index in [1.54, 1.807) is 37.1 Å². The van der Waals surface area contributed by atoms with Gasteiger partial charge in [-0.1, -0.05) is 12.0 Å². The van der Waals surface area contributed by atoms with Crippen molar-refractivity contribution in [1.82, 2.24) is 9.47 Å². The minimum Gasteiger partial charge on any atom is -0.495 e. The molecule has 1 fully saturated rings. The van der Waals surface area contributed by atoms with Crippen LogP contribution in [-0.4, -0.2) is 67.1 Å². The molecule has 2 aromatic carbocycles. The number of primary amides is 1. The van der Waals surface area contributed by atoms with E-state index in [9.17, 15) is 18.0 Å². The number of likely N-dealkylation sites (tertiary alicyclic amines) is 1. The number of hydrogen-bond donors (Lipinski definition) is 3. The highest BCUT2D eigenvalue weighted by Gasteiger charge is 2.30. The summed E-state index contributed by atoms with van der Waals surface area (Å²) in [6.07, 6.45) is -0.827. The van der Waals surface area contributed by atoms with E-state index in [0.717, 1.165) is 42.2 Å². The summed E-state index contributed by atoms with van der Waals surface area (Å²) in [4.78, 5) is 14.3. The topological polar surface area (TPSA) is 84.6 Å². The summed E-state index contributed by atoms with van der Waals surface area (Å²) in [5.74, 6) is 6.22. The van der Waals surface area contributed by atoms with E-state index in [1.807, 2.05) is 35.4 Å². The molecule has 0 saturated carbocycles. The molecule has 11 heteroatoms. The molecule has 1 aromatic heterocycles. The molecule has 2 heterocycles. The van der Waals surface area contributed by atoms with Gasteiger partial charge in [-0.25, -0.2) is 0 Å². The van der Waals surface area contributed by atoms with Crippen LogP contribution in [0.15, 0.2) is 47.4 Å². The SMILES string of the molecule is COc1cc(SC)ccc1NCC#Cc1cc2c(NC3CCN(CC(N)=O)CC3)cccc2n1CC(F)(F)F. The minimum atomic E-state index is -4.40. The molecule has 4 N–H and O–H groups in total. The molecule has 3 aromatic rings. The largest absolute Gasteiger partial charge is 0.495 e. The second-order valence-electron chi connectivity index (χ2n) is 9.35. The smallest absolute Gasteiger partial charge is 0.406 e. The van der Waals surface area contributed by atoms with E-state index in [2.05, 4.69) is 22.5 Å². The van der Waals surface area contributed by atoms with Crippen molar-refractivity contribution >= 4 is 39.9 Å². The number of hydrogen-bond acceptors (Lipinski definition) is 6. The van der Waals surface area contributed by atoms with Gasteiger partial charge in [-0.3, -0.25) is 9.69 Å². The van der Waals surface area contributed by atoms with Crippen molar-refractivity contribution in [2.45, 2.75) is 36.5 Å². The molecule has 0 aliphatic carbocycles. The lowest BCUT2D eigenvalue weighted by atomic mass is 10.0. The van der Waals surface area contributed by atoms with Gasteiger partial charge in [0, 0.05) is 35.1 Å². The number of anilines is 2. The summed E-state index contributed by atoms with van der Waals surface area (Å²) in [7, 11) is 1.59. The Morgan fingerprint density at radius 2 is 1.95 bits per heavy atom. The highest BCUT2D eigenvalue weighted by molar-refractivity contribution is 7.98. The van der Waals surface area contributed by atoms with Crippen molar-refractivity contribution in [1.29, 1.82) is 0 Å². The van der Waals surface area contributed by atoms with Gasteiger partial charge in [0.05, 0.1) is 37.1 Å². The van der Waals surface area contributed by atoms with Crippen LogP contribution in [-0.2, 0) is 11.3 Å². The third-order valence-electron chi connectivity index (χ3n) is 6.60. The molecule has 208 valence electrons. The first-order valence-corrected chi connectivity index (χ1v) is 13.8. The zero-order valence-corrected chi connectivity index (χ0v) is 22.7. The van der Waals surface area contributed by atoms with Crippen molar-refractivity contribution in [3.8, 4) is 17.6 Å². The van der Waals surface area contributed by atoms with Gasteiger partial charge in [0.1, 0.15) is 12.3 Å².